The average molecular weight is 390 g/mol. The van der Waals surface area contributed by atoms with Crippen LogP contribution in [0.25, 0.3) is 0 Å². The molecule has 4 nitrogen and oxygen atoms in total. The van der Waals surface area contributed by atoms with Gasteiger partial charge in [-0.1, -0.05) is 22.5 Å². The van der Waals surface area contributed by atoms with Crippen LogP contribution in [0.4, 0.5) is 5.69 Å². The van der Waals surface area contributed by atoms with Crippen LogP contribution >= 0.6 is 15.9 Å². The predicted molar refractivity (Wildman–Crippen MR) is 99.8 cm³/mol. The largest absolute Gasteiger partial charge is 0.489 e. The van der Waals surface area contributed by atoms with Crippen molar-refractivity contribution in [2.24, 2.45) is 0 Å². The second-order valence-electron chi connectivity index (χ2n) is 5.52. The van der Waals surface area contributed by atoms with Crippen LogP contribution in [0.5, 0.6) is 11.5 Å². The van der Waals surface area contributed by atoms with Crippen molar-refractivity contribution in [2.45, 2.75) is 13.8 Å². The smallest absolute Gasteiger partial charge is 0.262 e. The van der Waals surface area contributed by atoms with Crippen molar-refractivity contribution in [1.29, 1.82) is 0 Å². The Morgan fingerprint density at radius 2 is 1.71 bits per heavy atom. The second kappa shape index (κ2) is 8.55. The molecule has 5 heteroatoms. The van der Waals surface area contributed by atoms with Crippen molar-refractivity contribution >= 4 is 27.5 Å². The number of halogens is 1. The first-order valence-electron chi connectivity index (χ1n) is 7.50. The molecule has 1 N–H and O–H groups in total. The summed E-state index contributed by atoms with van der Waals surface area (Å²) in [6.07, 6.45) is 0. The predicted octanol–water partition coefficient (Wildman–Crippen LogP) is 4.73. The van der Waals surface area contributed by atoms with E-state index in [4.69, 9.17) is 9.47 Å². The fourth-order valence-corrected chi connectivity index (χ4v) is 2.14. The van der Waals surface area contributed by atoms with E-state index in [1.165, 1.54) is 0 Å². The highest BCUT2D eigenvalue weighted by Crippen LogP contribution is 2.21. The molecule has 2 rings (SSSR count). The number of anilines is 1. The van der Waals surface area contributed by atoms with Gasteiger partial charge in [-0.15, -0.1) is 0 Å². The molecule has 2 aromatic rings. The molecule has 0 saturated heterocycles. The highest BCUT2D eigenvalue weighted by atomic mass is 79.9. The zero-order valence-electron chi connectivity index (χ0n) is 13.8. The topological polar surface area (TPSA) is 47.6 Å². The maximum absolute atomic E-state index is 11.9. The van der Waals surface area contributed by atoms with Crippen molar-refractivity contribution < 1.29 is 14.3 Å². The number of hydrogen-bond donors (Lipinski definition) is 1. The lowest BCUT2D eigenvalue weighted by Gasteiger charge is -2.10. The number of ether oxygens (including phenoxy) is 2. The van der Waals surface area contributed by atoms with Gasteiger partial charge >= 0.3 is 0 Å². The minimum atomic E-state index is -0.217. The quantitative estimate of drug-likeness (QED) is 0.696. The second-order valence-corrected chi connectivity index (χ2v) is 6.37. The van der Waals surface area contributed by atoms with Crippen LogP contribution < -0.4 is 14.8 Å². The minimum absolute atomic E-state index is 0.0466. The lowest BCUT2D eigenvalue weighted by molar-refractivity contribution is -0.118. The SMILES string of the molecule is C=C(C)COc1ccc(NC(=O)COc2ccc(Br)c(C)c2)cc1. The molecule has 0 heterocycles. The Morgan fingerprint density at radius 1 is 1.08 bits per heavy atom. The summed E-state index contributed by atoms with van der Waals surface area (Å²) in [6.45, 7) is 8.09. The Kier molecular flexibility index (Phi) is 6.44. The zero-order valence-corrected chi connectivity index (χ0v) is 15.4. The van der Waals surface area contributed by atoms with Crippen molar-refractivity contribution in [3.05, 3.63) is 64.7 Å². The van der Waals surface area contributed by atoms with E-state index >= 15 is 0 Å². The van der Waals surface area contributed by atoms with E-state index in [0.717, 1.165) is 21.4 Å². The third-order valence-corrected chi connectivity index (χ3v) is 4.01. The summed E-state index contributed by atoms with van der Waals surface area (Å²) in [7, 11) is 0. The van der Waals surface area contributed by atoms with Gasteiger partial charge in [-0.3, -0.25) is 4.79 Å². The van der Waals surface area contributed by atoms with Gasteiger partial charge in [0.05, 0.1) is 0 Å². The standard InChI is InChI=1S/C19H20BrNO3/c1-13(2)11-23-16-6-4-15(5-7-16)21-19(22)12-24-17-8-9-18(20)14(3)10-17/h4-10H,1,11-12H2,2-3H3,(H,21,22). The maximum atomic E-state index is 11.9. The summed E-state index contributed by atoms with van der Waals surface area (Å²) in [5.74, 6) is 1.18. The Morgan fingerprint density at radius 3 is 2.33 bits per heavy atom. The van der Waals surface area contributed by atoms with Gasteiger partial charge in [0.2, 0.25) is 0 Å². The molecular formula is C19H20BrNO3. The Labute approximate surface area is 150 Å². The first kappa shape index (κ1) is 18.1. The highest BCUT2D eigenvalue weighted by Gasteiger charge is 2.05. The van der Waals surface area contributed by atoms with E-state index in [1.54, 1.807) is 24.3 Å². The molecule has 0 bridgehead atoms. The molecule has 2 aromatic carbocycles. The molecule has 0 radical (unpaired) electrons. The van der Waals surface area contributed by atoms with Gasteiger partial charge in [0.1, 0.15) is 18.1 Å². The third-order valence-electron chi connectivity index (χ3n) is 3.12. The number of rotatable bonds is 7. The van der Waals surface area contributed by atoms with Gasteiger partial charge in [0, 0.05) is 10.2 Å². The Hall–Kier alpha value is -2.27. The fourth-order valence-electron chi connectivity index (χ4n) is 1.89. The lowest BCUT2D eigenvalue weighted by atomic mass is 10.2. The van der Waals surface area contributed by atoms with Crippen LogP contribution in [0.3, 0.4) is 0 Å². The number of benzene rings is 2. The zero-order chi connectivity index (χ0) is 17.5. The van der Waals surface area contributed by atoms with E-state index in [2.05, 4.69) is 27.8 Å². The molecular weight excluding hydrogens is 370 g/mol. The summed E-state index contributed by atoms with van der Waals surface area (Å²) >= 11 is 3.43. The van der Waals surface area contributed by atoms with Gasteiger partial charge in [0.25, 0.3) is 5.91 Å². The molecule has 0 aliphatic carbocycles. The van der Waals surface area contributed by atoms with E-state index in [9.17, 15) is 4.79 Å². The van der Waals surface area contributed by atoms with Crippen LogP contribution in [-0.4, -0.2) is 19.1 Å². The average Bonchev–Trinajstić information content (AvgIpc) is 2.55. The summed E-state index contributed by atoms with van der Waals surface area (Å²) < 4.78 is 12.0. The highest BCUT2D eigenvalue weighted by molar-refractivity contribution is 9.10. The molecule has 0 aromatic heterocycles. The molecule has 0 spiro atoms. The van der Waals surface area contributed by atoms with Gasteiger partial charge < -0.3 is 14.8 Å². The molecule has 0 aliphatic heterocycles. The van der Waals surface area contributed by atoms with Gasteiger partial charge in [-0.25, -0.2) is 0 Å². The van der Waals surface area contributed by atoms with Crippen molar-refractivity contribution in [1.82, 2.24) is 0 Å². The molecule has 24 heavy (non-hydrogen) atoms. The van der Waals surface area contributed by atoms with Crippen molar-refractivity contribution in [3.63, 3.8) is 0 Å². The van der Waals surface area contributed by atoms with Crippen LogP contribution in [0.15, 0.2) is 59.1 Å². The molecule has 0 unspecified atom stereocenters. The molecule has 0 saturated carbocycles. The van der Waals surface area contributed by atoms with Crippen molar-refractivity contribution in [2.75, 3.05) is 18.5 Å². The molecule has 126 valence electrons. The van der Waals surface area contributed by atoms with Gasteiger partial charge in [-0.2, -0.15) is 0 Å². The minimum Gasteiger partial charge on any atom is -0.489 e. The van der Waals surface area contributed by atoms with Crippen molar-refractivity contribution in [3.8, 4) is 11.5 Å². The van der Waals surface area contributed by atoms with Gasteiger partial charge in [0.15, 0.2) is 6.61 Å². The van der Waals surface area contributed by atoms with Crippen LogP contribution in [0, 0.1) is 6.92 Å². The molecule has 0 fully saturated rings. The van der Waals surface area contributed by atoms with E-state index < -0.39 is 0 Å². The first-order valence-corrected chi connectivity index (χ1v) is 8.29. The number of carbonyl (C=O) groups excluding carboxylic acids is 1. The normalized spacial score (nSPS) is 10.1. The number of carbonyl (C=O) groups is 1. The first-order chi connectivity index (χ1) is 11.4. The van der Waals surface area contributed by atoms with E-state index in [0.29, 0.717) is 18.0 Å². The van der Waals surface area contributed by atoms with Crippen LogP contribution in [0.2, 0.25) is 0 Å². The Bertz CT molecular complexity index is 726. The molecule has 0 atom stereocenters. The van der Waals surface area contributed by atoms with E-state index in [1.807, 2.05) is 32.0 Å². The van der Waals surface area contributed by atoms with Crippen LogP contribution in [-0.2, 0) is 4.79 Å². The fraction of sp³-hybridized carbons (Fsp3) is 0.211. The monoisotopic (exact) mass is 389 g/mol. The number of aryl methyl sites for hydroxylation is 1. The maximum Gasteiger partial charge on any atom is 0.262 e. The third kappa shape index (κ3) is 5.74. The number of amides is 1. The molecule has 0 aliphatic rings. The summed E-state index contributed by atoms with van der Waals surface area (Å²) in [4.78, 5) is 11.9. The summed E-state index contributed by atoms with van der Waals surface area (Å²) in [6, 6.07) is 12.8. The molecule has 1 amide bonds. The summed E-state index contributed by atoms with van der Waals surface area (Å²) in [5.41, 5.74) is 2.70. The Balaban J connectivity index is 1.83. The lowest BCUT2D eigenvalue weighted by Crippen LogP contribution is -2.20. The van der Waals surface area contributed by atoms with E-state index in [-0.39, 0.29) is 12.5 Å². The number of nitrogens with one attached hydrogen (secondary N) is 1. The van der Waals surface area contributed by atoms with Crippen LogP contribution in [0.1, 0.15) is 12.5 Å². The number of hydrogen-bond acceptors (Lipinski definition) is 3. The summed E-state index contributed by atoms with van der Waals surface area (Å²) in [5, 5.41) is 2.78. The van der Waals surface area contributed by atoms with Gasteiger partial charge in [-0.05, 0) is 67.4 Å².